The van der Waals surface area contributed by atoms with Crippen LogP contribution in [-0.4, -0.2) is 42.1 Å². The van der Waals surface area contributed by atoms with Crippen molar-refractivity contribution >= 4 is 10.0 Å². The lowest BCUT2D eigenvalue weighted by Crippen LogP contribution is -2.45. The van der Waals surface area contributed by atoms with E-state index >= 15 is 0 Å². The molecule has 0 spiro atoms. The maximum absolute atomic E-state index is 12.8. The first-order chi connectivity index (χ1) is 9.28. The predicted octanol–water partition coefficient (Wildman–Crippen LogP) is 0.642. The van der Waals surface area contributed by atoms with Crippen LogP contribution in [0.3, 0.4) is 0 Å². The van der Waals surface area contributed by atoms with E-state index < -0.39 is 10.0 Å². The summed E-state index contributed by atoms with van der Waals surface area (Å²) in [7, 11) is -1.71. The Bertz CT molecular complexity index is 594. The first-order valence-corrected chi connectivity index (χ1v) is 8.43. The Morgan fingerprint density at radius 2 is 2.05 bits per heavy atom. The Balaban J connectivity index is 2.36. The van der Waals surface area contributed by atoms with Crippen LogP contribution in [0.5, 0.6) is 0 Å². The number of sulfonamides is 1. The molecule has 2 rings (SSSR count). The van der Waals surface area contributed by atoms with Gasteiger partial charge in [-0.05, 0) is 38.6 Å². The summed E-state index contributed by atoms with van der Waals surface area (Å²) in [6.07, 6.45) is 0.861. The molecule has 1 aliphatic heterocycles. The van der Waals surface area contributed by atoms with Crippen LogP contribution in [0.2, 0.25) is 0 Å². The molecule has 0 radical (unpaired) electrons. The van der Waals surface area contributed by atoms with Gasteiger partial charge in [-0.2, -0.15) is 9.40 Å². The third-order valence-electron chi connectivity index (χ3n) is 4.42. The molecular formula is C13H24N4O2S. The Morgan fingerprint density at radius 1 is 1.40 bits per heavy atom. The lowest BCUT2D eigenvalue weighted by molar-refractivity contribution is 0.203. The predicted molar refractivity (Wildman–Crippen MR) is 77.8 cm³/mol. The van der Waals surface area contributed by atoms with Gasteiger partial charge in [0.15, 0.2) is 0 Å². The number of piperidine rings is 1. The molecule has 0 aliphatic carbocycles. The van der Waals surface area contributed by atoms with Crippen LogP contribution in [0.15, 0.2) is 4.90 Å². The molecule has 0 amide bonds. The first-order valence-electron chi connectivity index (χ1n) is 6.99. The fraction of sp³-hybridized carbons (Fsp3) is 0.769. The molecule has 1 fully saturated rings. The topological polar surface area (TPSA) is 81.2 Å². The first kappa shape index (κ1) is 15.5. The number of nitrogens with two attached hydrogens (primary N) is 1. The molecule has 0 aromatic carbocycles. The van der Waals surface area contributed by atoms with E-state index in [1.807, 2.05) is 0 Å². The quantitative estimate of drug-likeness (QED) is 0.888. The highest BCUT2D eigenvalue weighted by Gasteiger charge is 2.35. The van der Waals surface area contributed by atoms with Crippen molar-refractivity contribution in [1.82, 2.24) is 14.1 Å². The summed E-state index contributed by atoms with van der Waals surface area (Å²) in [6, 6.07) is 0. The highest BCUT2D eigenvalue weighted by molar-refractivity contribution is 7.89. The molecule has 114 valence electrons. The fourth-order valence-corrected chi connectivity index (χ4v) is 4.81. The SMILES string of the molecule is Cc1nn(C)c(C)c1S(=O)(=O)N1CCC(C)C(CN)C1. The van der Waals surface area contributed by atoms with Crippen LogP contribution >= 0.6 is 0 Å². The second-order valence-corrected chi connectivity index (χ2v) is 7.62. The van der Waals surface area contributed by atoms with E-state index in [2.05, 4.69) is 12.0 Å². The average molecular weight is 300 g/mol. The summed E-state index contributed by atoms with van der Waals surface area (Å²) in [5, 5.41) is 4.21. The minimum atomic E-state index is -3.47. The maximum atomic E-state index is 12.8. The molecule has 2 N–H and O–H groups in total. The minimum absolute atomic E-state index is 0.232. The summed E-state index contributed by atoms with van der Waals surface area (Å²) in [6.45, 7) is 7.27. The molecule has 1 aliphatic rings. The van der Waals surface area contributed by atoms with Crippen molar-refractivity contribution in [3.05, 3.63) is 11.4 Å². The van der Waals surface area contributed by atoms with Gasteiger partial charge in [0.1, 0.15) is 4.90 Å². The number of hydrogen-bond donors (Lipinski definition) is 1. The van der Waals surface area contributed by atoms with Gasteiger partial charge in [-0.3, -0.25) is 4.68 Å². The zero-order chi connectivity index (χ0) is 15.1. The number of hydrogen-bond acceptors (Lipinski definition) is 4. The summed E-state index contributed by atoms with van der Waals surface area (Å²) < 4.78 is 28.9. The van der Waals surface area contributed by atoms with Crippen molar-refractivity contribution < 1.29 is 8.42 Å². The van der Waals surface area contributed by atoms with Crippen LogP contribution in [0.1, 0.15) is 24.7 Å². The molecule has 1 aromatic heterocycles. The highest BCUT2D eigenvalue weighted by Crippen LogP contribution is 2.29. The third-order valence-corrected chi connectivity index (χ3v) is 6.54. The standard InChI is InChI=1S/C13H24N4O2S/c1-9-5-6-17(8-12(9)7-14)20(18,19)13-10(2)15-16(4)11(13)3/h9,12H,5-8,14H2,1-4H3. The van der Waals surface area contributed by atoms with Crippen molar-refractivity contribution in [2.75, 3.05) is 19.6 Å². The minimum Gasteiger partial charge on any atom is -0.330 e. The van der Waals surface area contributed by atoms with Gasteiger partial charge in [0, 0.05) is 20.1 Å². The lowest BCUT2D eigenvalue weighted by Gasteiger charge is -2.35. The second-order valence-electron chi connectivity index (χ2n) is 5.75. The van der Waals surface area contributed by atoms with Crippen LogP contribution in [-0.2, 0) is 17.1 Å². The summed E-state index contributed by atoms with van der Waals surface area (Å²) in [4.78, 5) is 0.352. The highest BCUT2D eigenvalue weighted by atomic mass is 32.2. The Hall–Kier alpha value is -0.920. The zero-order valence-electron chi connectivity index (χ0n) is 12.6. The number of nitrogens with zero attached hydrogens (tertiary/aromatic N) is 3. The average Bonchev–Trinajstić information content (AvgIpc) is 2.63. The lowest BCUT2D eigenvalue weighted by atomic mass is 9.88. The van der Waals surface area contributed by atoms with Crippen molar-refractivity contribution in [1.29, 1.82) is 0 Å². The van der Waals surface area contributed by atoms with Gasteiger partial charge in [-0.15, -0.1) is 0 Å². The fourth-order valence-electron chi connectivity index (χ4n) is 2.90. The molecular weight excluding hydrogens is 276 g/mol. The Morgan fingerprint density at radius 3 is 2.55 bits per heavy atom. The van der Waals surface area contributed by atoms with Crippen molar-refractivity contribution in [3.63, 3.8) is 0 Å². The Labute approximate surface area is 121 Å². The van der Waals surface area contributed by atoms with Gasteiger partial charge in [0.2, 0.25) is 10.0 Å². The van der Waals surface area contributed by atoms with E-state index in [4.69, 9.17) is 5.73 Å². The summed E-state index contributed by atoms with van der Waals surface area (Å²) in [5.74, 6) is 0.707. The molecule has 1 saturated heterocycles. The Kier molecular flexibility index (Phi) is 4.22. The molecule has 0 bridgehead atoms. The van der Waals surface area contributed by atoms with Crippen LogP contribution in [0.25, 0.3) is 0 Å². The van der Waals surface area contributed by atoms with Gasteiger partial charge >= 0.3 is 0 Å². The van der Waals surface area contributed by atoms with E-state index in [0.717, 1.165) is 6.42 Å². The third kappa shape index (κ3) is 2.49. The molecule has 20 heavy (non-hydrogen) atoms. The second kappa shape index (κ2) is 5.46. The van der Waals surface area contributed by atoms with Crippen molar-refractivity contribution in [3.8, 4) is 0 Å². The van der Waals surface area contributed by atoms with Gasteiger partial charge < -0.3 is 5.73 Å². The summed E-state index contributed by atoms with van der Waals surface area (Å²) >= 11 is 0. The monoisotopic (exact) mass is 300 g/mol. The van der Waals surface area contributed by atoms with Crippen LogP contribution in [0.4, 0.5) is 0 Å². The van der Waals surface area contributed by atoms with Gasteiger partial charge in [-0.25, -0.2) is 8.42 Å². The van der Waals surface area contributed by atoms with Gasteiger partial charge in [0.05, 0.1) is 11.4 Å². The smallest absolute Gasteiger partial charge is 0.246 e. The molecule has 0 saturated carbocycles. The van der Waals surface area contributed by atoms with E-state index in [1.54, 1.807) is 29.9 Å². The number of aromatic nitrogens is 2. The summed E-state index contributed by atoms with van der Waals surface area (Å²) in [5.41, 5.74) is 7.01. The van der Waals surface area contributed by atoms with Gasteiger partial charge in [0.25, 0.3) is 0 Å². The van der Waals surface area contributed by atoms with Crippen LogP contribution < -0.4 is 5.73 Å². The molecule has 1 aromatic rings. The van der Waals surface area contributed by atoms with E-state index in [9.17, 15) is 8.42 Å². The number of rotatable bonds is 3. The number of aryl methyl sites for hydroxylation is 2. The van der Waals surface area contributed by atoms with Crippen molar-refractivity contribution in [2.24, 2.45) is 24.6 Å². The van der Waals surface area contributed by atoms with Crippen molar-refractivity contribution in [2.45, 2.75) is 32.1 Å². The normalized spacial score (nSPS) is 25.1. The molecule has 2 atom stereocenters. The van der Waals surface area contributed by atoms with Crippen LogP contribution in [0, 0.1) is 25.7 Å². The molecule has 6 nitrogen and oxygen atoms in total. The largest absolute Gasteiger partial charge is 0.330 e. The van der Waals surface area contributed by atoms with E-state index in [1.165, 1.54) is 0 Å². The van der Waals surface area contributed by atoms with E-state index in [-0.39, 0.29) is 5.92 Å². The molecule has 7 heteroatoms. The molecule has 2 heterocycles. The zero-order valence-corrected chi connectivity index (χ0v) is 13.4. The molecule has 2 unspecified atom stereocenters. The van der Waals surface area contributed by atoms with E-state index in [0.29, 0.717) is 41.8 Å². The maximum Gasteiger partial charge on any atom is 0.246 e. The van der Waals surface area contributed by atoms with Gasteiger partial charge in [-0.1, -0.05) is 6.92 Å².